The maximum absolute atomic E-state index is 5.90. The van der Waals surface area contributed by atoms with E-state index in [1.54, 1.807) is 6.07 Å². The average Bonchev–Trinajstić information content (AvgIpc) is 3.07. The lowest BCUT2D eigenvalue weighted by Crippen LogP contribution is -2.44. The number of furan rings is 1. The predicted octanol–water partition coefficient (Wildman–Crippen LogP) is 1.95. The van der Waals surface area contributed by atoms with Crippen LogP contribution in [-0.4, -0.2) is 41.2 Å². The molecule has 1 aliphatic rings. The van der Waals surface area contributed by atoms with Crippen molar-refractivity contribution in [2.45, 2.75) is 13.0 Å². The van der Waals surface area contributed by atoms with E-state index < -0.39 is 0 Å². The van der Waals surface area contributed by atoms with Crippen LogP contribution in [0.2, 0.25) is 5.22 Å². The Morgan fingerprint density at radius 1 is 1.42 bits per heavy atom. The maximum atomic E-state index is 5.90. The van der Waals surface area contributed by atoms with Gasteiger partial charge in [0.15, 0.2) is 5.82 Å². The van der Waals surface area contributed by atoms with E-state index in [0.29, 0.717) is 17.3 Å². The normalized spacial score (nSPS) is 18.6. The Hall–Kier alpha value is -1.37. The summed E-state index contributed by atoms with van der Waals surface area (Å²) in [5.74, 6) is 1.07. The highest BCUT2D eigenvalue weighted by Gasteiger charge is 2.23. The fraction of sp³-hybridized carbons (Fsp3) is 0.500. The molecule has 1 N–H and O–H groups in total. The van der Waals surface area contributed by atoms with Crippen molar-refractivity contribution in [3.8, 4) is 11.5 Å². The molecule has 1 fully saturated rings. The number of rotatable bonds is 3. The van der Waals surface area contributed by atoms with E-state index in [4.69, 9.17) is 20.5 Å². The summed E-state index contributed by atoms with van der Waals surface area (Å²) in [5, 5.41) is 7.63. The number of hydrogen-bond acceptors (Lipinski definition) is 6. The molecule has 0 aromatic carbocycles. The second-order valence-corrected chi connectivity index (χ2v) is 4.87. The van der Waals surface area contributed by atoms with Crippen LogP contribution in [0.4, 0.5) is 0 Å². The molecule has 0 aliphatic carbocycles. The van der Waals surface area contributed by atoms with E-state index in [1.165, 1.54) is 6.26 Å². The van der Waals surface area contributed by atoms with Gasteiger partial charge in [-0.05, 0) is 24.6 Å². The number of piperazine rings is 1. The van der Waals surface area contributed by atoms with Crippen molar-refractivity contribution in [2.75, 3.05) is 26.2 Å². The SMILES string of the molecule is CC(c1noc(-c2ccoc2Cl)n1)N1CCNCC1. The van der Waals surface area contributed by atoms with Crippen LogP contribution in [0.5, 0.6) is 0 Å². The number of hydrogen-bond donors (Lipinski definition) is 1. The minimum atomic E-state index is 0.130. The summed E-state index contributed by atoms with van der Waals surface area (Å²) in [6, 6.07) is 1.85. The van der Waals surface area contributed by atoms with Crippen LogP contribution >= 0.6 is 11.6 Å². The van der Waals surface area contributed by atoms with Crippen LogP contribution in [0.3, 0.4) is 0 Å². The Morgan fingerprint density at radius 3 is 2.89 bits per heavy atom. The summed E-state index contributed by atoms with van der Waals surface area (Å²) in [5.41, 5.74) is 0.632. The minimum absolute atomic E-state index is 0.130. The van der Waals surface area contributed by atoms with E-state index in [9.17, 15) is 0 Å². The first-order chi connectivity index (χ1) is 9.25. The molecular weight excluding hydrogens is 268 g/mol. The van der Waals surface area contributed by atoms with E-state index in [1.807, 2.05) is 0 Å². The summed E-state index contributed by atoms with van der Waals surface area (Å²) >= 11 is 5.90. The fourth-order valence-corrected chi connectivity index (χ4v) is 2.39. The summed E-state index contributed by atoms with van der Waals surface area (Å²) in [6.07, 6.45) is 1.50. The number of aromatic nitrogens is 2. The molecule has 3 heterocycles. The summed E-state index contributed by atoms with van der Waals surface area (Å²) in [6.45, 7) is 6.02. The molecule has 3 rings (SSSR count). The van der Waals surface area contributed by atoms with Crippen molar-refractivity contribution in [2.24, 2.45) is 0 Å². The van der Waals surface area contributed by atoms with Crippen molar-refractivity contribution in [3.63, 3.8) is 0 Å². The van der Waals surface area contributed by atoms with Gasteiger partial charge in [-0.3, -0.25) is 4.90 Å². The van der Waals surface area contributed by atoms with Gasteiger partial charge in [0.05, 0.1) is 17.9 Å². The molecule has 19 heavy (non-hydrogen) atoms. The Kier molecular flexibility index (Phi) is 3.54. The van der Waals surface area contributed by atoms with Crippen LogP contribution in [0.15, 0.2) is 21.3 Å². The molecule has 0 saturated carbocycles. The first-order valence-electron chi connectivity index (χ1n) is 6.27. The number of nitrogens with one attached hydrogen (secondary N) is 1. The van der Waals surface area contributed by atoms with Crippen molar-refractivity contribution in [1.82, 2.24) is 20.4 Å². The Balaban J connectivity index is 1.79. The Labute approximate surface area is 115 Å². The van der Waals surface area contributed by atoms with Crippen LogP contribution in [0.25, 0.3) is 11.5 Å². The van der Waals surface area contributed by atoms with Crippen molar-refractivity contribution in [3.05, 3.63) is 23.4 Å². The van der Waals surface area contributed by atoms with Gasteiger partial charge in [-0.15, -0.1) is 0 Å². The van der Waals surface area contributed by atoms with Gasteiger partial charge in [0.25, 0.3) is 5.89 Å². The van der Waals surface area contributed by atoms with E-state index in [0.717, 1.165) is 26.2 Å². The molecule has 1 unspecified atom stereocenters. The lowest BCUT2D eigenvalue weighted by Gasteiger charge is -2.30. The minimum Gasteiger partial charge on any atom is -0.452 e. The van der Waals surface area contributed by atoms with Crippen LogP contribution in [0, 0.1) is 0 Å². The lowest BCUT2D eigenvalue weighted by atomic mass is 10.2. The van der Waals surface area contributed by atoms with Gasteiger partial charge in [-0.1, -0.05) is 5.16 Å². The van der Waals surface area contributed by atoms with Gasteiger partial charge in [0.2, 0.25) is 5.22 Å². The zero-order valence-corrected chi connectivity index (χ0v) is 11.4. The molecule has 2 aromatic rings. The summed E-state index contributed by atoms with van der Waals surface area (Å²) < 4.78 is 10.3. The molecule has 1 aliphatic heterocycles. The van der Waals surface area contributed by atoms with Crippen molar-refractivity contribution < 1.29 is 8.94 Å². The lowest BCUT2D eigenvalue weighted by molar-refractivity contribution is 0.176. The quantitative estimate of drug-likeness (QED) is 0.928. The monoisotopic (exact) mass is 282 g/mol. The third-order valence-corrected chi connectivity index (χ3v) is 3.66. The highest BCUT2D eigenvalue weighted by atomic mass is 35.5. The van der Waals surface area contributed by atoms with Gasteiger partial charge in [-0.25, -0.2) is 0 Å². The van der Waals surface area contributed by atoms with Crippen molar-refractivity contribution in [1.29, 1.82) is 0 Å². The van der Waals surface area contributed by atoms with Crippen LogP contribution < -0.4 is 5.32 Å². The molecule has 2 aromatic heterocycles. The standard InChI is InChI=1S/C12H15ClN4O2/c1-8(17-5-3-14-4-6-17)11-15-12(19-16-11)9-2-7-18-10(9)13/h2,7-8,14H,3-6H2,1H3. The van der Waals surface area contributed by atoms with Crippen LogP contribution in [-0.2, 0) is 0 Å². The molecule has 1 saturated heterocycles. The van der Waals surface area contributed by atoms with Gasteiger partial charge in [-0.2, -0.15) is 4.98 Å². The number of halogens is 1. The molecule has 1 atom stereocenters. The second kappa shape index (κ2) is 5.32. The zero-order chi connectivity index (χ0) is 13.2. The third kappa shape index (κ3) is 2.51. The zero-order valence-electron chi connectivity index (χ0n) is 10.6. The molecular formula is C12H15ClN4O2. The first-order valence-corrected chi connectivity index (χ1v) is 6.65. The van der Waals surface area contributed by atoms with Gasteiger partial charge in [0.1, 0.15) is 0 Å². The fourth-order valence-electron chi connectivity index (χ4n) is 2.19. The van der Waals surface area contributed by atoms with Crippen LogP contribution in [0.1, 0.15) is 18.8 Å². The number of nitrogens with zero attached hydrogens (tertiary/aromatic N) is 3. The van der Waals surface area contributed by atoms with Gasteiger partial charge in [0, 0.05) is 26.2 Å². The highest BCUT2D eigenvalue weighted by molar-refractivity contribution is 6.31. The largest absolute Gasteiger partial charge is 0.452 e. The topological polar surface area (TPSA) is 67.3 Å². The molecule has 0 spiro atoms. The molecule has 6 nitrogen and oxygen atoms in total. The molecule has 7 heteroatoms. The molecule has 0 radical (unpaired) electrons. The van der Waals surface area contributed by atoms with Gasteiger partial charge < -0.3 is 14.3 Å². The van der Waals surface area contributed by atoms with E-state index >= 15 is 0 Å². The van der Waals surface area contributed by atoms with E-state index in [-0.39, 0.29) is 11.3 Å². The van der Waals surface area contributed by atoms with Gasteiger partial charge >= 0.3 is 0 Å². The smallest absolute Gasteiger partial charge is 0.262 e. The maximum Gasteiger partial charge on any atom is 0.262 e. The van der Waals surface area contributed by atoms with E-state index in [2.05, 4.69) is 27.3 Å². The summed E-state index contributed by atoms with van der Waals surface area (Å²) in [4.78, 5) is 6.73. The third-order valence-electron chi connectivity index (χ3n) is 3.36. The second-order valence-electron chi connectivity index (χ2n) is 4.53. The van der Waals surface area contributed by atoms with Crippen molar-refractivity contribution >= 4 is 11.6 Å². The molecule has 0 bridgehead atoms. The Morgan fingerprint density at radius 2 is 2.21 bits per heavy atom. The first kappa shape index (κ1) is 12.7. The average molecular weight is 283 g/mol. The highest BCUT2D eigenvalue weighted by Crippen LogP contribution is 2.28. The molecule has 0 amide bonds. The predicted molar refractivity (Wildman–Crippen MR) is 69.9 cm³/mol. The molecule has 102 valence electrons. The Bertz CT molecular complexity index is 547. The summed E-state index contributed by atoms with van der Waals surface area (Å²) in [7, 11) is 0.